The molecule has 0 spiro atoms. The summed E-state index contributed by atoms with van der Waals surface area (Å²) in [5.74, 6) is 0.356. The number of anilines is 3. The van der Waals surface area contributed by atoms with Gasteiger partial charge in [-0.15, -0.1) is 0 Å². The zero-order chi connectivity index (χ0) is 34.8. The minimum Gasteiger partial charge on any atom is -0.428 e. The molecule has 0 fully saturated rings. The number of carbonyl (C=O) groups excluding carboxylic acids is 3. The van der Waals surface area contributed by atoms with Gasteiger partial charge in [-0.3, -0.25) is 20.1 Å². The molecule has 14 nitrogen and oxygen atoms in total. The summed E-state index contributed by atoms with van der Waals surface area (Å²) in [4.78, 5) is 49.5. The smallest absolute Gasteiger partial charge is 0.418 e. The quantitative estimate of drug-likeness (QED) is 0.0946. The van der Waals surface area contributed by atoms with E-state index in [0.29, 0.717) is 35.2 Å². The topological polar surface area (TPSA) is 166 Å². The Bertz CT molecular complexity index is 1260. The number of benzene rings is 1. The maximum Gasteiger partial charge on any atom is 0.418 e. The van der Waals surface area contributed by atoms with Gasteiger partial charge in [0, 0.05) is 44.0 Å². The summed E-state index contributed by atoms with van der Waals surface area (Å²) in [6.45, 7) is 18.7. The van der Waals surface area contributed by atoms with Crippen LogP contribution in [0.25, 0.3) is 0 Å². The van der Waals surface area contributed by atoms with Gasteiger partial charge in [0.05, 0.1) is 16.8 Å². The Balaban J connectivity index is 0.00000518. The Morgan fingerprint density at radius 3 is 2.26 bits per heavy atom. The standard InChI is InChI=1S/C30H44N6O8.C2H6/c1-20(2)16-35(17-21(3)4)26-12-10-23(15-25(26)33-29(38)32-22(5)6)11-13-27(37)42-19-43-30(39)34(7)28-24(9-8-14-31-28)18-44-36(40)41;1-2/h8-10,12,14-15,20-21,40-41H,5,11,13,16-19H2,1-4,6-7H3,(H2,32,33,38);1-2H3. The van der Waals surface area contributed by atoms with Gasteiger partial charge in [-0.1, -0.05) is 60.3 Å². The predicted octanol–water partition coefficient (Wildman–Crippen LogP) is 6.10. The molecule has 256 valence electrons. The van der Waals surface area contributed by atoms with Gasteiger partial charge in [0.15, 0.2) is 0 Å². The SMILES string of the molecule is C=C(C)NC(=O)Nc1cc(CCC(=O)OCOC(=O)N(C)c2ncccc2CON(O)O)ccc1N(CC(C)C)CC(C)C.CC. The average Bonchev–Trinajstić information content (AvgIpc) is 2.98. The van der Waals surface area contributed by atoms with E-state index in [1.54, 1.807) is 19.1 Å². The van der Waals surface area contributed by atoms with Crippen LogP contribution in [0.15, 0.2) is 48.8 Å². The van der Waals surface area contributed by atoms with E-state index in [4.69, 9.17) is 19.9 Å². The lowest BCUT2D eigenvalue weighted by molar-refractivity contribution is -0.497. The number of hydrogen-bond acceptors (Lipinski definition) is 11. The minimum absolute atomic E-state index is 0.00634. The van der Waals surface area contributed by atoms with Crippen molar-refractivity contribution >= 4 is 35.3 Å². The van der Waals surface area contributed by atoms with Crippen LogP contribution in [0.5, 0.6) is 0 Å². The fourth-order valence-electron chi connectivity index (χ4n) is 4.23. The molecule has 0 aliphatic carbocycles. The van der Waals surface area contributed by atoms with Crippen molar-refractivity contribution in [1.82, 2.24) is 15.7 Å². The van der Waals surface area contributed by atoms with Crippen LogP contribution in [0, 0.1) is 11.8 Å². The van der Waals surface area contributed by atoms with Gasteiger partial charge in [0.25, 0.3) is 0 Å². The van der Waals surface area contributed by atoms with Crippen molar-refractivity contribution in [1.29, 1.82) is 0 Å². The lowest BCUT2D eigenvalue weighted by atomic mass is 10.1. The van der Waals surface area contributed by atoms with E-state index in [9.17, 15) is 14.4 Å². The molecular formula is C32H50N6O8. The van der Waals surface area contributed by atoms with Crippen molar-refractivity contribution in [3.05, 3.63) is 59.9 Å². The van der Waals surface area contributed by atoms with Crippen LogP contribution in [0.3, 0.4) is 0 Å². The number of aryl methyl sites for hydroxylation is 1. The largest absolute Gasteiger partial charge is 0.428 e. The van der Waals surface area contributed by atoms with Gasteiger partial charge in [-0.05, 0) is 48.9 Å². The minimum atomic E-state index is -0.853. The van der Waals surface area contributed by atoms with E-state index in [1.165, 1.54) is 13.2 Å². The lowest BCUT2D eigenvalue weighted by Crippen LogP contribution is -2.33. The van der Waals surface area contributed by atoms with E-state index in [-0.39, 0.29) is 18.8 Å². The Morgan fingerprint density at radius 2 is 1.67 bits per heavy atom. The summed E-state index contributed by atoms with van der Waals surface area (Å²) in [6, 6.07) is 8.43. The molecule has 2 aromatic rings. The van der Waals surface area contributed by atoms with E-state index in [0.717, 1.165) is 29.2 Å². The molecule has 0 aliphatic heterocycles. The molecule has 0 bridgehead atoms. The van der Waals surface area contributed by atoms with Gasteiger partial charge in [-0.25, -0.2) is 19.4 Å². The van der Waals surface area contributed by atoms with Gasteiger partial charge in [0.2, 0.25) is 6.79 Å². The monoisotopic (exact) mass is 646 g/mol. The number of nitrogens with zero attached hydrogens (tertiary/aromatic N) is 4. The predicted molar refractivity (Wildman–Crippen MR) is 175 cm³/mol. The number of urea groups is 1. The number of esters is 1. The van der Waals surface area contributed by atoms with Gasteiger partial charge in [0.1, 0.15) is 12.4 Å². The number of ether oxygens (including phenoxy) is 2. The molecule has 0 radical (unpaired) electrons. The van der Waals surface area contributed by atoms with Crippen LogP contribution >= 0.6 is 0 Å². The molecule has 0 saturated heterocycles. The summed E-state index contributed by atoms with van der Waals surface area (Å²) in [5.41, 5.74) is 3.16. The van der Waals surface area contributed by atoms with E-state index >= 15 is 0 Å². The summed E-state index contributed by atoms with van der Waals surface area (Å²) in [7, 11) is 1.39. The van der Waals surface area contributed by atoms with Crippen molar-refractivity contribution in [3.63, 3.8) is 0 Å². The Kier molecular flexibility index (Phi) is 17.9. The van der Waals surface area contributed by atoms with Crippen LogP contribution in [-0.2, 0) is 32.1 Å². The molecule has 1 aromatic carbocycles. The third kappa shape index (κ3) is 14.7. The zero-order valence-corrected chi connectivity index (χ0v) is 28.2. The highest BCUT2D eigenvalue weighted by Gasteiger charge is 2.20. The van der Waals surface area contributed by atoms with Gasteiger partial charge < -0.3 is 25.0 Å². The van der Waals surface area contributed by atoms with Crippen molar-refractivity contribution in [2.75, 3.05) is 42.0 Å². The molecule has 0 aliphatic rings. The molecule has 4 N–H and O–H groups in total. The molecule has 0 atom stereocenters. The third-order valence-corrected chi connectivity index (χ3v) is 5.96. The van der Waals surface area contributed by atoms with E-state index in [1.807, 2.05) is 32.0 Å². The first-order chi connectivity index (χ1) is 21.8. The number of carbonyl (C=O) groups is 3. The zero-order valence-electron chi connectivity index (χ0n) is 28.2. The van der Waals surface area contributed by atoms with Crippen LogP contribution < -0.4 is 20.4 Å². The Labute approximate surface area is 271 Å². The lowest BCUT2D eigenvalue weighted by Gasteiger charge is -2.30. The fraction of sp³-hybridized carbons (Fsp3) is 0.500. The van der Waals surface area contributed by atoms with Crippen LogP contribution in [0.2, 0.25) is 0 Å². The molecule has 1 heterocycles. The Morgan fingerprint density at radius 1 is 1.02 bits per heavy atom. The first-order valence-corrected chi connectivity index (χ1v) is 15.2. The highest BCUT2D eigenvalue weighted by atomic mass is 17.1. The Hall–Kier alpha value is -4.24. The maximum atomic E-state index is 12.6. The highest BCUT2D eigenvalue weighted by molar-refractivity contribution is 5.94. The number of hydrogen-bond donors (Lipinski definition) is 4. The summed E-state index contributed by atoms with van der Waals surface area (Å²) in [6.07, 6.45) is 0.911. The molecular weight excluding hydrogens is 596 g/mol. The summed E-state index contributed by atoms with van der Waals surface area (Å²) >= 11 is 0. The van der Waals surface area contributed by atoms with E-state index in [2.05, 4.69) is 59.6 Å². The number of amides is 3. The number of aromatic nitrogens is 1. The molecule has 0 unspecified atom stereocenters. The van der Waals surface area contributed by atoms with Crippen LogP contribution in [0.4, 0.5) is 26.8 Å². The van der Waals surface area contributed by atoms with Crippen molar-refractivity contribution in [3.8, 4) is 0 Å². The van der Waals surface area contributed by atoms with Crippen molar-refractivity contribution in [2.24, 2.45) is 11.8 Å². The molecule has 0 saturated carbocycles. The number of rotatable bonds is 16. The molecule has 3 amide bonds. The van der Waals surface area contributed by atoms with Crippen LogP contribution in [0.1, 0.15) is 66.0 Å². The maximum absolute atomic E-state index is 12.6. The second-order valence-corrected chi connectivity index (χ2v) is 11.0. The van der Waals surface area contributed by atoms with Gasteiger partial charge >= 0.3 is 18.1 Å². The normalized spacial score (nSPS) is 10.6. The van der Waals surface area contributed by atoms with Gasteiger partial charge in [-0.2, -0.15) is 0 Å². The molecule has 14 heteroatoms. The first-order valence-electron chi connectivity index (χ1n) is 15.2. The third-order valence-electron chi connectivity index (χ3n) is 5.96. The first kappa shape index (κ1) is 39.8. The van der Waals surface area contributed by atoms with Crippen molar-refractivity contribution in [2.45, 2.75) is 67.9 Å². The summed E-state index contributed by atoms with van der Waals surface area (Å²) < 4.78 is 10.1. The molecule has 2 rings (SSSR count). The average molecular weight is 647 g/mol. The second-order valence-electron chi connectivity index (χ2n) is 11.0. The summed E-state index contributed by atoms with van der Waals surface area (Å²) in [5, 5.41) is 22.7. The highest BCUT2D eigenvalue weighted by Crippen LogP contribution is 2.30. The molecule has 46 heavy (non-hydrogen) atoms. The van der Waals surface area contributed by atoms with Crippen LogP contribution in [-0.4, -0.2) is 65.8 Å². The number of nitrogens with one attached hydrogen (secondary N) is 2. The molecule has 1 aromatic heterocycles. The van der Waals surface area contributed by atoms with Crippen molar-refractivity contribution < 1.29 is 39.1 Å². The second kappa shape index (κ2) is 20.7. The van der Waals surface area contributed by atoms with E-state index < -0.39 is 30.3 Å². The fourth-order valence-corrected chi connectivity index (χ4v) is 4.23. The number of allylic oxidation sites excluding steroid dienone is 1. The number of pyridine rings is 1.